The van der Waals surface area contributed by atoms with E-state index in [9.17, 15) is 43.3 Å². The molecule has 190 valence electrons. The highest BCUT2D eigenvalue weighted by atomic mass is 35.5. The number of nitrogens with one attached hydrogen (secondary N) is 2. The average molecular weight is 531 g/mol. The molecule has 3 rings (SSSR count). The van der Waals surface area contributed by atoms with Crippen LogP contribution >= 0.6 is 11.6 Å². The summed E-state index contributed by atoms with van der Waals surface area (Å²) in [6, 6.07) is 0.0263. The van der Waals surface area contributed by atoms with Crippen molar-refractivity contribution in [3.8, 4) is 11.5 Å². The Morgan fingerprint density at radius 3 is 2.46 bits per heavy atom. The number of amides is 3. The number of likely N-dealkylation sites (tertiary alicyclic amines) is 1. The van der Waals surface area contributed by atoms with Gasteiger partial charge in [0.05, 0.1) is 10.6 Å². The lowest BCUT2D eigenvalue weighted by Crippen LogP contribution is -2.67. The normalized spacial score (nSPS) is 22.0. The number of hydrogen-bond acceptors (Lipinski definition) is 8. The molecular weight excluding hydrogens is 508 g/mol. The van der Waals surface area contributed by atoms with Crippen LogP contribution in [0, 0.1) is 0 Å². The monoisotopic (exact) mass is 530 g/mol. The van der Waals surface area contributed by atoms with E-state index in [-0.39, 0.29) is 24.8 Å². The first kappa shape index (κ1) is 26.4. The van der Waals surface area contributed by atoms with Gasteiger partial charge in [0.1, 0.15) is 10.3 Å². The van der Waals surface area contributed by atoms with Crippen LogP contribution in [0.1, 0.15) is 43.5 Å². The number of β-lactam (4-membered cyclic amide) rings is 1. The molecular formula is C20H23ClN4O9S. The van der Waals surface area contributed by atoms with E-state index in [1.54, 1.807) is 6.92 Å². The molecule has 6 N–H and O–H groups in total. The Morgan fingerprint density at radius 1 is 1.34 bits per heavy atom. The fourth-order valence-corrected chi connectivity index (χ4v) is 4.51. The lowest BCUT2D eigenvalue weighted by atomic mass is 9.92. The van der Waals surface area contributed by atoms with Gasteiger partial charge < -0.3 is 30.1 Å². The molecule has 1 aliphatic carbocycles. The van der Waals surface area contributed by atoms with Gasteiger partial charge in [-0.3, -0.25) is 14.4 Å². The van der Waals surface area contributed by atoms with Crippen LogP contribution in [0.2, 0.25) is 5.02 Å². The van der Waals surface area contributed by atoms with Crippen LogP contribution in [0.15, 0.2) is 17.2 Å². The number of hydrogen-bond donors (Lipinski definition) is 6. The minimum Gasteiger partial charge on any atom is -0.504 e. The second kappa shape index (κ2) is 9.43. The molecule has 4 atom stereocenters. The Morgan fingerprint density at radius 2 is 1.97 bits per heavy atom. The number of carboxylic acid groups (broad SMARTS) is 1. The summed E-state index contributed by atoms with van der Waals surface area (Å²) in [5, 5.41) is 34.5. The largest absolute Gasteiger partial charge is 0.504 e. The molecule has 2 fully saturated rings. The molecule has 0 radical (unpaired) electrons. The molecule has 2 aliphatic rings. The van der Waals surface area contributed by atoms with Gasteiger partial charge in [0.15, 0.2) is 28.6 Å². The molecule has 15 heteroatoms. The van der Waals surface area contributed by atoms with E-state index in [0.717, 1.165) is 30.2 Å². The Bertz CT molecular complexity index is 1160. The minimum atomic E-state index is -2.80. The highest BCUT2D eigenvalue weighted by Gasteiger charge is 2.54. The molecule has 1 unspecified atom stereocenters. The van der Waals surface area contributed by atoms with Crippen LogP contribution in [0.5, 0.6) is 11.5 Å². The molecule has 13 nitrogen and oxygen atoms in total. The zero-order chi connectivity index (χ0) is 26.3. The van der Waals surface area contributed by atoms with E-state index in [2.05, 4.69) is 15.8 Å². The van der Waals surface area contributed by atoms with Crippen molar-refractivity contribution in [2.75, 3.05) is 0 Å². The van der Waals surface area contributed by atoms with Crippen molar-refractivity contribution in [1.82, 2.24) is 15.6 Å². The van der Waals surface area contributed by atoms with Gasteiger partial charge >= 0.3 is 5.97 Å². The Labute approximate surface area is 206 Å². The van der Waals surface area contributed by atoms with Crippen LogP contribution < -0.4 is 10.7 Å². The van der Waals surface area contributed by atoms with E-state index in [4.69, 9.17) is 11.6 Å². The van der Waals surface area contributed by atoms with Crippen molar-refractivity contribution in [1.29, 1.82) is 0 Å². The van der Waals surface area contributed by atoms with Gasteiger partial charge in [-0.15, -0.1) is 0 Å². The number of phenols is 2. The summed E-state index contributed by atoms with van der Waals surface area (Å²) in [4.78, 5) is 50.1. The van der Waals surface area contributed by atoms with Crippen LogP contribution in [0.3, 0.4) is 0 Å². The van der Waals surface area contributed by atoms with E-state index in [1.807, 2.05) is 0 Å². The van der Waals surface area contributed by atoms with Crippen molar-refractivity contribution >= 4 is 52.6 Å². The average Bonchev–Trinajstić information content (AvgIpc) is 3.55. The zero-order valence-corrected chi connectivity index (χ0v) is 20.1. The second-order valence-corrected chi connectivity index (χ2v) is 10.3. The highest BCUT2D eigenvalue weighted by Crippen LogP contribution is 2.39. The summed E-state index contributed by atoms with van der Waals surface area (Å²) in [7, 11) is 0. The van der Waals surface area contributed by atoms with Crippen molar-refractivity contribution in [3.63, 3.8) is 0 Å². The number of carboxylic acids is 1. The van der Waals surface area contributed by atoms with E-state index >= 15 is 0 Å². The summed E-state index contributed by atoms with van der Waals surface area (Å²) in [5.74, 6) is -4.84. The molecule has 1 aromatic carbocycles. The SMILES string of the molecule is C[C@@H]1CC(=O)N1[C@@H](C(=O)O)[C@](C)(/C=N/NC(=O)C1(NC(=O)c2ccc(O)c(O)c2Cl)CC1)S(=O)O. The quantitative estimate of drug-likeness (QED) is 0.0844. The lowest BCUT2D eigenvalue weighted by Gasteiger charge is -2.46. The van der Waals surface area contributed by atoms with Crippen molar-refractivity contribution in [2.24, 2.45) is 5.10 Å². The summed E-state index contributed by atoms with van der Waals surface area (Å²) < 4.78 is 19.9. The van der Waals surface area contributed by atoms with Gasteiger partial charge in [-0.1, -0.05) is 11.6 Å². The number of rotatable bonds is 9. The first-order chi connectivity index (χ1) is 16.2. The fourth-order valence-electron chi connectivity index (χ4n) is 3.71. The number of benzene rings is 1. The first-order valence-corrected chi connectivity index (χ1v) is 11.8. The van der Waals surface area contributed by atoms with Gasteiger partial charge in [0.25, 0.3) is 11.8 Å². The predicted octanol–water partition coefficient (Wildman–Crippen LogP) is 0.170. The molecule has 35 heavy (non-hydrogen) atoms. The maximum absolute atomic E-state index is 12.7. The molecule has 0 spiro atoms. The maximum Gasteiger partial charge on any atom is 0.328 e. The summed E-state index contributed by atoms with van der Waals surface area (Å²) in [5.41, 5.74) is 0.560. The summed E-state index contributed by atoms with van der Waals surface area (Å²) >= 11 is 3.08. The Kier molecular flexibility index (Phi) is 7.11. The van der Waals surface area contributed by atoms with Crippen LogP contribution in [0.25, 0.3) is 0 Å². The maximum atomic E-state index is 12.7. The van der Waals surface area contributed by atoms with Gasteiger partial charge in [0, 0.05) is 18.7 Å². The fraction of sp³-hybridized carbons (Fsp3) is 0.450. The van der Waals surface area contributed by atoms with Crippen molar-refractivity contribution < 1.29 is 43.3 Å². The number of carbonyl (C=O) groups is 4. The molecule has 0 bridgehead atoms. The highest BCUT2D eigenvalue weighted by molar-refractivity contribution is 7.81. The number of nitrogens with zero attached hydrogens (tertiary/aromatic N) is 2. The number of aromatic hydroxyl groups is 2. The number of phenolic OH excluding ortho intramolecular Hbond substituents is 2. The Balaban J connectivity index is 1.75. The number of carbonyl (C=O) groups excluding carboxylic acids is 3. The standard InChI is InChI=1S/C20H23ClN4O9S/c1-9-7-12(27)25(9)15(17(30)31)19(2,35(33)34)8-22-24-18(32)20(5-6-20)23-16(29)10-3-4-11(26)14(28)13(10)21/h3-4,8-9,15,26,28H,5-7H2,1-2H3,(H,23,29)(H,24,32)(H,30,31)(H,33,34)/b22-8+/t9-,15+,19+/m1/s1. The number of aliphatic carboxylic acids is 1. The third-order valence-electron chi connectivity index (χ3n) is 6.03. The molecule has 0 aromatic heterocycles. The lowest BCUT2D eigenvalue weighted by molar-refractivity contribution is -0.161. The smallest absolute Gasteiger partial charge is 0.328 e. The van der Waals surface area contributed by atoms with Gasteiger partial charge in [-0.25, -0.2) is 14.4 Å². The van der Waals surface area contributed by atoms with Gasteiger partial charge in [-0.2, -0.15) is 5.10 Å². The minimum absolute atomic E-state index is 0.0941. The first-order valence-electron chi connectivity index (χ1n) is 10.3. The molecule has 1 aromatic rings. The summed E-state index contributed by atoms with van der Waals surface area (Å²) in [6.07, 6.45) is 1.33. The summed E-state index contributed by atoms with van der Waals surface area (Å²) in [6.45, 7) is 2.71. The number of hydrazone groups is 1. The third kappa shape index (κ3) is 4.81. The molecule has 1 saturated heterocycles. The van der Waals surface area contributed by atoms with Gasteiger partial charge in [0.2, 0.25) is 5.91 Å². The molecule has 1 aliphatic heterocycles. The Hall–Kier alpha value is -3.23. The molecule has 1 heterocycles. The molecule has 3 amide bonds. The topological polar surface area (TPSA) is 206 Å². The van der Waals surface area contributed by atoms with E-state index in [1.165, 1.54) is 0 Å². The van der Waals surface area contributed by atoms with Crippen LogP contribution in [0.4, 0.5) is 0 Å². The molecule has 1 saturated carbocycles. The third-order valence-corrected chi connectivity index (χ3v) is 7.49. The van der Waals surface area contributed by atoms with E-state index in [0.29, 0.717) is 0 Å². The van der Waals surface area contributed by atoms with Crippen LogP contribution in [-0.2, 0) is 25.5 Å². The van der Waals surface area contributed by atoms with Crippen molar-refractivity contribution in [2.45, 2.75) is 55.5 Å². The van der Waals surface area contributed by atoms with Crippen molar-refractivity contribution in [3.05, 3.63) is 22.7 Å². The zero-order valence-electron chi connectivity index (χ0n) is 18.5. The second-order valence-electron chi connectivity index (χ2n) is 8.56. The predicted molar refractivity (Wildman–Crippen MR) is 122 cm³/mol. The van der Waals surface area contributed by atoms with Crippen LogP contribution in [-0.4, -0.2) is 81.3 Å². The number of halogens is 1. The van der Waals surface area contributed by atoms with Gasteiger partial charge in [-0.05, 0) is 38.8 Å². The van der Waals surface area contributed by atoms with E-state index < -0.39 is 73.7 Å².